The van der Waals surface area contributed by atoms with Crippen LogP contribution in [0.2, 0.25) is 0 Å². The van der Waals surface area contributed by atoms with Gasteiger partial charge in [0.2, 0.25) is 12.7 Å². The summed E-state index contributed by atoms with van der Waals surface area (Å²) in [7, 11) is 3.57. The van der Waals surface area contributed by atoms with Gasteiger partial charge in [-0.2, -0.15) is 0 Å². The second-order valence-corrected chi connectivity index (χ2v) is 5.95. The molecule has 0 saturated carbocycles. The van der Waals surface area contributed by atoms with Crippen molar-refractivity contribution in [3.05, 3.63) is 23.8 Å². The molecule has 5 heteroatoms. The second-order valence-electron chi connectivity index (χ2n) is 5.95. The van der Waals surface area contributed by atoms with Gasteiger partial charge in [0.25, 0.3) is 0 Å². The van der Waals surface area contributed by atoms with Crippen molar-refractivity contribution in [3.8, 4) is 11.5 Å². The number of nitrogens with zero attached hydrogens (tertiary/aromatic N) is 1. The number of nitrogens with one attached hydrogen (secondary N) is 1. The van der Waals surface area contributed by atoms with E-state index in [0.29, 0.717) is 12.5 Å². The van der Waals surface area contributed by atoms with Crippen molar-refractivity contribution in [2.75, 3.05) is 20.9 Å². The van der Waals surface area contributed by atoms with Crippen LogP contribution in [0.4, 0.5) is 0 Å². The van der Waals surface area contributed by atoms with Gasteiger partial charge in [-0.1, -0.05) is 26.0 Å². The SMILES string of the molecule is CC(C)CC(NCc1cccc2c1OCO2)C(=O)N(C)C. The number of ether oxygens (including phenoxy) is 2. The number of fused-ring (bicyclic) bond motifs is 1. The molecule has 1 unspecified atom stereocenters. The number of carbonyl (C=O) groups excluding carboxylic acids is 1. The van der Waals surface area contributed by atoms with Crippen LogP contribution in [-0.2, 0) is 11.3 Å². The first-order valence-electron chi connectivity index (χ1n) is 7.31. The molecule has 1 N–H and O–H groups in total. The van der Waals surface area contributed by atoms with Gasteiger partial charge in [0.15, 0.2) is 11.5 Å². The summed E-state index contributed by atoms with van der Waals surface area (Å²) in [5, 5.41) is 3.35. The molecule has 21 heavy (non-hydrogen) atoms. The molecule has 116 valence electrons. The predicted molar refractivity (Wildman–Crippen MR) is 81.3 cm³/mol. The van der Waals surface area contributed by atoms with Crippen LogP contribution in [0.3, 0.4) is 0 Å². The lowest BCUT2D eigenvalue weighted by atomic mass is 10.0. The van der Waals surface area contributed by atoms with E-state index in [-0.39, 0.29) is 18.7 Å². The van der Waals surface area contributed by atoms with Gasteiger partial charge >= 0.3 is 0 Å². The third-order valence-corrected chi connectivity index (χ3v) is 3.46. The highest BCUT2D eigenvalue weighted by Crippen LogP contribution is 2.35. The van der Waals surface area contributed by atoms with E-state index in [1.165, 1.54) is 0 Å². The first kappa shape index (κ1) is 15.6. The number of hydrogen-bond acceptors (Lipinski definition) is 4. The third-order valence-electron chi connectivity index (χ3n) is 3.46. The average Bonchev–Trinajstić information content (AvgIpc) is 2.91. The molecular weight excluding hydrogens is 268 g/mol. The minimum absolute atomic E-state index is 0.105. The molecule has 1 aliphatic heterocycles. The molecule has 0 aromatic heterocycles. The number of hydrogen-bond donors (Lipinski definition) is 1. The zero-order chi connectivity index (χ0) is 15.4. The number of likely N-dealkylation sites (N-methyl/N-ethyl adjacent to an activating group) is 1. The normalized spacial score (nSPS) is 14.3. The van der Waals surface area contributed by atoms with Gasteiger partial charge in [-0.05, 0) is 18.4 Å². The molecule has 0 aliphatic carbocycles. The van der Waals surface area contributed by atoms with E-state index < -0.39 is 0 Å². The lowest BCUT2D eigenvalue weighted by molar-refractivity contribution is -0.131. The Morgan fingerprint density at radius 2 is 2.10 bits per heavy atom. The molecule has 0 radical (unpaired) electrons. The molecule has 2 rings (SSSR count). The molecule has 5 nitrogen and oxygen atoms in total. The summed E-state index contributed by atoms with van der Waals surface area (Å²) >= 11 is 0. The first-order chi connectivity index (χ1) is 9.99. The van der Waals surface area contributed by atoms with Crippen molar-refractivity contribution in [3.63, 3.8) is 0 Å². The summed E-state index contributed by atoms with van der Waals surface area (Å²) in [6, 6.07) is 5.64. The Hall–Kier alpha value is -1.75. The molecule has 1 aromatic rings. The lowest BCUT2D eigenvalue weighted by Gasteiger charge is -2.23. The number of rotatable bonds is 6. The summed E-state index contributed by atoms with van der Waals surface area (Å²) in [4.78, 5) is 13.9. The Bertz CT molecular complexity index is 500. The zero-order valence-corrected chi connectivity index (χ0v) is 13.2. The maximum absolute atomic E-state index is 12.2. The van der Waals surface area contributed by atoms with E-state index >= 15 is 0 Å². The third kappa shape index (κ3) is 3.88. The minimum atomic E-state index is -0.182. The minimum Gasteiger partial charge on any atom is -0.454 e. The first-order valence-corrected chi connectivity index (χ1v) is 7.31. The van der Waals surface area contributed by atoms with Crippen LogP contribution >= 0.6 is 0 Å². The Labute approximate surface area is 126 Å². The van der Waals surface area contributed by atoms with E-state index in [9.17, 15) is 4.79 Å². The summed E-state index contributed by atoms with van der Waals surface area (Å²) in [6.45, 7) is 5.09. The highest BCUT2D eigenvalue weighted by Gasteiger charge is 2.23. The second kappa shape index (κ2) is 6.80. The van der Waals surface area contributed by atoms with Crippen LogP contribution in [0, 0.1) is 5.92 Å². The molecule has 1 aliphatic rings. The number of benzene rings is 1. The molecule has 1 atom stereocenters. The number of para-hydroxylation sites is 1. The molecule has 0 spiro atoms. The van der Waals surface area contributed by atoms with E-state index in [0.717, 1.165) is 23.5 Å². The summed E-state index contributed by atoms with van der Waals surface area (Å²) < 4.78 is 10.9. The van der Waals surface area contributed by atoms with Crippen LogP contribution in [0.1, 0.15) is 25.8 Å². The van der Waals surface area contributed by atoms with Gasteiger partial charge in [-0.25, -0.2) is 0 Å². The predicted octanol–water partition coefficient (Wildman–Crippen LogP) is 2.01. The van der Waals surface area contributed by atoms with E-state index in [4.69, 9.17) is 9.47 Å². The van der Waals surface area contributed by atoms with E-state index in [2.05, 4.69) is 19.2 Å². The smallest absolute Gasteiger partial charge is 0.239 e. The van der Waals surface area contributed by atoms with Gasteiger partial charge in [0, 0.05) is 26.2 Å². The molecule has 0 bridgehead atoms. The van der Waals surface area contributed by atoms with Crippen molar-refractivity contribution >= 4 is 5.91 Å². The molecule has 0 saturated heterocycles. The van der Waals surface area contributed by atoms with Gasteiger partial charge in [0.1, 0.15) is 0 Å². The topological polar surface area (TPSA) is 50.8 Å². The van der Waals surface area contributed by atoms with Crippen LogP contribution in [0.15, 0.2) is 18.2 Å². The maximum Gasteiger partial charge on any atom is 0.239 e. The Morgan fingerprint density at radius 1 is 1.33 bits per heavy atom. The molecule has 1 heterocycles. The quantitative estimate of drug-likeness (QED) is 0.871. The van der Waals surface area contributed by atoms with Crippen molar-refractivity contribution in [2.45, 2.75) is 32.9 Å². The maximum atomic E-state index is 12.2. The fourth-order valence-electron chi connectivity index (χ4n) is 2.42. The van der Waals surface area contributed by atoms with Crippen molar-refractivity contribution in [1.82, 2.24) is 10.2 Å². The summed E-state index contributed by atoms with van der Waals surface area (Å²) in [5.74, 6) is 2.11. The molecular formula is C16H24N2O3. The van der Waals surface area contributed by atoms with Gasteiger partial charge in [-0.15, -0.1) is 0 Å². The Morgan fingerprint density at radius 3 is 2.76 bits per heavy atom. The average molecular weight is 292 g/mol. The van der Waals surface area contributed by atoms with Crippen LogP contribution in [0.5, 0.6) is 11.5 Å². The highest BCUT2D eigenvalue weighted by atomic mass is 16.7. The molecule has 1 aromatic carbocycles. The Balaban J connectivity index is 2.05. The van der Waals surface area contributed by atoms with Crippen molar-refractivity contribution in [2.24, 2.45) is 5.92 Å². The van der Waals surface area contributed by atoms with Crippen LogP contribution < -0.4 is 14.8 Å². The zero-order valence-electron chi connectivity index (χ0n) is 13.2. The monoisotopic (exact) mass is 292 g/mol. The molecule has 0 fully saturated rings. The lowest BCUT2D eigenvalue weighted by Crippen LogP contribution is -2.44. The van der Waals surface area contributed by atoms with E-state index in [1.54, 1.807) is 19.0 Å². The van der Waals surface area contributed by atoms with Gasteiger partial charge < -0.3 is 19.7 Å². The van der Waals surface area contributed by atoms with Crippen LogP contribution in [0.25, 0.3) is 0 Å². The van der Waals surface area contributed by atoms with Crippen molar-refractivity contribution < 1.29 is 14.3 Å². The van der Waals surface area contributed by atoms with Crippen LogP contribution in [-0.4, -0.2) is 37.7 Å². The fourth-order valence-corrected chi connectivity index (χ4v) is 2.42. The largest absolute Gasteiger partial charge is 0.454 e. The fraction of sp³-hybridized carbons (Fsp3) is 0.562. The number of amides is 1. The highest BCUT2D eigenvalue weighted by molar-refractivity contribution is 5.81. The Kier molecular flexibility index (Phi) is 5.07. The summed E-state index contributed by atoms with van der Waals surface area (Å²) in [5.41, 5.74) is 1.02. The standard InChI is InChI=1S/C16H24N2O3/c1-11(2)8-13(16(19)18(3)4)17-9-12-6-5-7-14-15(12)21-10-20-14/h5-7,11,13,17H,8-10H2,1-4H3. The van der Waals surface area contributed by atoms with Gasteiger partial charge in [-0.3, -0.25) is 4.79 Å². The van der Waals surface area contributed by atoms with Gasteiger partial charge in [0.05, 0.1) is 6.04 Å². The molecule has 1 amide bonds. The van der Waals surface area contributed by atoms with Crippen molar-refractivity contribution in [1.29, 1.82) is 0 Å². The number of carbonyl (C=O) groups is 1. The summed E-state index contributed by atoms with van der Waals surface area (Å²) in [6.07, 6.45) is 0.809. The van der Waals surface area contributed by atoms with E-state index in [1.807, 2.05) is 18.2 Å².